The second-order valence-electron chi connectivity index (χ2n) is 7.14. The fourth-order valence-electron chi connectivity index (χ4n) is 3.30. The van der Waals surface area contributed by atoms with Crippen molar-refractivity contribution in [2.45, 2.75) is 25.9 Å². The van der Waals surface area contributed by atoms with E-state index < -0.39 is 0 Å². The van der Waals surface area contributed by atoms with Gasteiger partial charge in [0.05, 0.1) is 10.6 Å². The zero-order valence-corrected chi connectivity index (χ0v) is 17.5. The van der Waals surface area contributed by atoms with Crippen LogP contribution in [0, 0.1) is 0 Å². The first-order valence-corrected chi connectivity index (χ1v) is 10.7. The van der Waals surface area contributed by atoms with E-state index in [4.69, 9.17) is 4.74 Å². The van der Waals surface area contributed by atoms with Crippen LogP contribution in [0.5, 0.6) is 5.75 Å². The number of amides is 1. The fraction of sp³-hybridized carbons (Fsp3) is 0.261. The summed E-state index contributed by atoms with van der Waals surface area (Å²) in [6.07, 6.45) is 2.78. The molecule has 0 spiro atoms. The van der Waals surface area contributed by atoms with Gasteiger partial charge in [-0.25, -0.2) is 0 Å². The number of benzene rings is 2. The van der Waals surface area contributed by atoms with Crippen molar-refractivity contribution in [3.8, 4) is 5.75 Å². The molecule has 7 heteroatoms. The van der Waals surface area contributed by atoms with Gasteiger partial charge in [-0.2, -0.15) is 0 Å². The highest BCUT2D eigenvalue weighted by atomic mass is 32.1. The molecule has 1 aliphatic rings. The van der Waals surface area contributed by atoms with Crippen LogP contribution in [-0.4, -0.2) is 23.6 Å². The zero-order valence-electron chi connectivity index (χ0n) is 16.7. The minimum atomic E-state index is -0.178. The Morgan fingerprint density at radius 3 is 2.73 bits per heavy atom. The Bertz CT molecular complexity index is 1200. The van der Waals surface area contributed by atoms with Gasteiger partial charge in [0.2, 0.25) is 0 Å². The maximum atomic E-state index is 12.5. The van der Waals surface area contributed by atoms with E-state index in [1.165, 1.54) is 11.3 Å². The fourth-order valence-corrected chi connectivity index (χ4v) is 4.32. The first kappa shape index (κ1) is 20.1. The molecule has 6 nitrogen and oxygen atoms in total. The smallest absolute Gasteiger partial charge is 0.270 e. The number of thiazole rings is 1. The third-order valence-electron chi connectivity index (χ3n) is 4.90. The normalized spacial score (nSPS) is 14.5. The Balaban J connectivity index is 1.37. The van der Waals surface area contributed by atoms with Crippen LogP contribution in [0.4, 0.5) is 0 Å². The zero-order chi connectivity index (χ0) is 20.9. The monoisotopic (exact) mass is 421 g/mol. The Morgan fingerprint density at radius 1 is 1.23 bits per heavy atom. The molecule has 2 aromatic carbocycles. The molecule has 1 N–H and O–H groups in total. The second kappa shape index (κ2) is 9.09. The lowest BCUT2D eigenvalue weighted by molar-refractivity contribution is -0.123. The minimum absolute atomic E-state index is 0.0167. The summed E-state index contributed by atoms with van der Waals surface area (Å²) in [6, 6.07) is 17.1. The third-order valence-corrected chi connectivity index (χ3v) is 5.94. The summed E-state index contributed by atoms with van der Waals surface area (Å²) in [5.41, 5.74) is 1.97. The van der Waals surface area contributed by atoms with Crippen LogP contribution in [0.1, 0.15) is 30.5 Å². The van der Waals surface area contributed by atoms with Crippen molar-refractivity contribution in [2.24, 2.45) is 4.99 Å². The van der Waals surface area contributed by atoms with Crippen LogP contribution < -0.4 is 24.9 Å². The van der Waals surface area contributed by atoms with Crippen LogP contribution in [-0.2, 0) is 11.3 Å². The number of carbonyl (C=O) groups is 1. The summed E-state index contributed by atoms with van der Waals surface area (Å²) < 4.78 is 8.02. The summed E-state index contributed by atoms with van der Waals surface area (Å²) in [7, 11) is 0. The molecule has 1 amide bonds. The maximum absolute atomic E-state index is 12.5. The summed E-state index contributed by atoms with van der Waals surface area (Å²) in [4.78, 5) is 29.8. The standard InChI is InChI=1S/C23H23N3O3S/c1-16(18-6-3-2-4-7-18)25-21(27)15-29-19-10-8-17(9-11-19)14-20-22(28)26-13-5-12-24-23(26)30-20/h2-4,6-11,14,16H,5,12-13,15H2,1H3,(H,25,27)/b20-14+. The number of hydrogen-bond acceptors (Lipinski definition) is 5. The predicted octanol–water partition coefficient (Wildman–Crippen LogP) is 2.02. The molecular weight excluding hydrogens is 398 g/mol. The van der Waals surface area contributed by atoms with E-state index in [1.807, 2.05) is 55.5 Å². The molecule has 1 aliphatic heterocycles. The lowest BCUT2D eigenvalue weighted by atomic mass is 10.1. The Hall–Kier alpha value is -3.19. The van der Waals surface area contributed by atoms with Gasteiger partial charge in [-0.1, -0.05) is 53.8 Å². The van der Waals surface area contributed by atoms with Crippen molar-refractivity contribution in [2.75, 3.05) is 13.2 Å². The number of rotatable bonds is 6. The maximum Gasteiger partial charge on any atom is 0.270 e. The van der Waals surface area contributed by atoms with Crippen molar-refractivity contribution in [3.05, 3.63) is 85.4 Å². The molecule has 1 atom stereocenters. The van der Waals surface area contributed by atoms with Crippen LogP contribution in [0.2, 0.25) is 0 Å². The predicted molar refractivity (Wildman–Crippen MR) is 117 cm³/mol. The van der Waals surface area contributed by atoms with Gasteiger partial charge < -0.3 is 10.1 Å². The lowest BCUT2D eigenvalue weighted by Gasteiger charge is -2.14. The summed E-state index contributed by atoms with van der Waals surface area (Å²) >= 11 is 1.42. The molecule has 0 saturated heterocycles. The van der Waals surface area contributed by atoms with Gasteiger partial charge in [0.25, 0.3) is 11.5 Å². The Morgan fingerprint density at radius 2 is 2.00 bits per heavy atom. The van der Waals surface area contributed by atoms with Crippen LogP contribution in [0.25, 0.3) is 6.08 Å². The molecule has 1 aromatic heterocycles. The van der Waals surface area contributed by atoms with Gasteiger partial charge in [0.1, 0.15) is 5.75 Å². The van der Waals surface area contributed by atoms with E-state index in [1.54, 1.807) is 16.7 Å². The molecule has 154 valence electrons. The van der Waals surface area contributed by atoms with Crippen LogP contribution in [0.15, 0.2) is 64.4 Å². The molecule has 0 radical (unpaired) electrons. The van der Waals surface area contributed by atoms with Crippen molar-refractivity contribution >= 4 is 23.3 Å². The van der Waals surface area contributed by atoms with Gasteiger partial charge in [-0.15, -0.1) is 0 Å². The van der Waals surface area contributed by atoms with Gasteiger partial charge in [-0.3, -0.25) is 19.1 Å². The van der Waals surface area contributed by atoms with E-state index in [0.29, 0.717) is 10.3 Å². The van der Waals surface area contributed by atoms with Crippen molar-refractivity contribution in [3.63, 3.8) is 0 Å². The van der Waals surface area contributed by atoms with Crippen molar-refractivity contribution < 1.29 is 9.53 Å². The van der Waals surface area contributed by atoms with E-state index in [0.717, 1.165) is 35.4 Å². The molecule has 4 rings (SSSR count). The topological polar surface area (TPSA) is 72.7 Å². The van der Waals surface area contributed by atoms with Crippen molar-refractivity contribution in [1.82, 2.24) is 9.88 Å². The summed E-state index contributed by atoms with van der Waals surface area (Å²) in [5, 5.41) is 2.93. The number of nitrogens with one attached hydrogen (secondary N) is 1. The largest absolute Gasteiger partial charge is 0.484 e. The average molecular weight is 422 g/mol. The Labute approximate surface area is 178 Å². The average Bonchev–Trinajstić information content (AvgIpc) is 3.09. The molecule has 0 aliphatic carbocycles. The highest BCUT2D eigenvalue weighted by Crippen LogP contribution is 2.14. The number of fused-ring (bicyclic) bond motifs is 1. The lowest BCUT2D eigenvalue weighted by Crippen LogP contribution is -2.33. The highest BCUT2D eigenvalue weighted by molar-refractivity contribution is 7.07. The summed E-state index contributed by atoms with van der Waals surface area (Å²) in [5.74, 6) is 0.426. The molecule has 0 fully saturated rings. The number of hydrogen-bond donors (Lipinski definition) is 1. The highest BCUT2D eigenvalue weighted by Gasteiger charge is 2.10. The molecule has 3 aromatic rings. The van der Waals surface area contributed by atoms with Gasteiger partial charge in [0, 0.05) is 13.1 Å². The minimum Gasteiger partial charge on any atom is -0.484 e. The molecular formula is C23H23N3O3S. The number of carbonyl (C=O) groups excluding carboxylic acids is 1. The molecule has 2 heterocycles. The number of nitrogens with zero attached hydrogens (tertiary/aromatic N) is 2. The van der Waals surface area contributed by atoms with E-state index in [-0.39, 0.29) is 24.1 Å². The number of ether oxygens (including phenoxy) is 1. The Kier molecular flexibility index (Phi) is 6.09. The molecule has 0 saturated carbocycles. The quantitative estimate of drug-likeness (QED) is 0.662. The van der Waals surface area contributed by atoms with Crippen molar-refractivity contribution in [1.29, 1.82) is 0 Å². The SMILES string of the molecule is CC(NC(=O)COc1ccc(/C=c2/sc3n(c2=O)CCCN=3)cc1)c1ccccc1. The van der Waals surface area contributed by atoms with Gasteiger partial charge in [0.15, 0.2) is 11.4 Å². The van der Waals surface area contributed by atoms with Crippen LogP contribution >= 0.6 is 11.3 Å². The summed E-state index contributed by atoms with van der Waals surface area (Å²) in [6.45, 7) is 3.40. The van der Waals surface area contributed by atoms with E-state index >= 15 is 0 Å². The first-order chi connectivity index (χ1) is 14.6. The van der Waals surface area contributed by atoms with Crippen LogP contribution in [0.3, 0.4) is 0 Å². The second-order valence-corrected chi connectivity index (χ2v) is 8.15. The number of aromatic nitrogens is 1. The third kappa shape index (κ3) is 4.68. The molecule has 0 bridgehead atoms. The first-order valence-electron chi connectivity index (χ1n) is 9.93. The van der Waals surface area contributed by atoms with E-state index in [9.17, 15) is 9.59 Å². The van der Waals surface area contributed by atoms with Gasteiger partial charge >= 0.3 is 0 Å². The van der Waals surface area contributed by atoms with Gasteiger partial charge in [-0.05, 0) is 42.7 Å². The molecule has 1 unspecified atom stereocenters. The molecule has 30 heavy (non-hydrogen) atoms. The van der Waals surface area contributed by atoms with E-state index in [2.05, 4.69) is 10.3 Å².